The van der Waals surface area contributed by atoms with Crippen molar-refractivity contribution in [2.45, 2.75) is 45.6 Å². The smallest absolute Gasteiger partial charge is 0.231 e. The Balaban J connectivity index is 1.84. The lowest BCUT2D eigenvalue weighted by atomic mass is 9.62. The van der Waals surface area contributed by atoms with E-state index in [1.165, 1.54) is 0 Å². The molecule has 0 bridgehead atoms. The van der Waals surface area contributed by atoms with Crippen molar-refractivity contribution in [3.05, 3.63) is 23.8 Å². The normalized spacial score (nSPS) is 23.8. The second-order valence-corrected chi connectivity index (χ2v) is 7.25. The van der Waals surface area contributed by atoms with Gasteiger partial charge in [-0.15, -0.1) is 0 Å². The Bertz CT molecular complexity index is 517. The third-order valence-corrected chi connectivity index (χ3v) is 5.30. The van der Waals surface area contributed by atoms with Gasteiger partial charge in [0.05, 0.1) is 6.10 Å². The van der Waals surface area contributed by atoms with Crippen LogP contribution in [0, 0.1) is 10.8 Å². The second kappa shape index (κ2) is 5.18. The molecule has 0 saturated heterocycles. The zero-order valence-electron chi connectivity index (χ0n) is 12.9. The minimum Gasteiger partial charge on any atom is -0.454 e. The van der Waals surface area contributed by atoms with Crippen molar-refractivity contribution in [2.24, 2.45) is 16.6 Å². The van der Waals surface area contributed by atoms with Crippen molar-refractivity contribution < 1.29 is 14.6 Å². The number of hydrogen-bond acceptors (Lipinski definition) is 4. The van der Waals surface area contributed by atoms with Gasteiger partial charge < -0.3 is 20.3 Å². The molecule has 1 aliphatic carbocycles. The van der Waals surface area contributed by atoms with Gasteiger partial charge in [-0.1, -0.05) is 19.9 Å². The molecule has 0 aromatic heterocycles. The van der Waals surface area contributed by atoms with Crippen LogP contribution in [0.15, 0.2) is 18.2 Å². The van der Waals surface area contributed by atoms with E-state index in [-0.39, 0.29) is 12.2 Å². The third kappa shape index (κ3) is 2.62. The maximum atomic E-state index is 10.9. The summed E-state index contributed by atoms with van der Waals surface area (Å²) in [6.07, 6.45) is 3.59. The highest BCUT2D eigenvalue weighted by molar-refractivity contribution is 5.45. The lowest BCUT2D eigenvalue weighted by Gasteiger charge is -2.45. The molecule has 4 nitrogen and oxygen atoms in total. The quantitative estimate of drug-likeness (QED) is 0.898. The predicted octanol–water partition coefficient (Wildman–Crippen LogP) is 2.99. The van der Waals surface area contributed by atoms with Gasteiger partial charge in [0.25, 0.3) is 0 Å². The summed E-state index contributed by atoms with van der Waals surface area (Å²) >= 11 is 0. The van der Waals surface area contributed by atoms with Crippen LogP contribution in [0.25, 0.3) is 0 Å². The Morgan fingerprint density at radius 2 is 1.81 bits per heavy atom. The fraction of sp³-hybridized carbons (Fsp3) is 0.647. The average Bonchev–Trinajstić information content (AvgIpc) is 2.94. The van der Waals surface area contributed by atoms with Gasteiger partial charge in [-0.25, -0.2) is 0 Å². The van der Waals surface area contributed by atoms with Gasteiger partial charge in [0.2, 0.25) is 6.79 Å². The van der Waals surface area contributed by atoms with E-state index in [1.54, 1.807) is 0 Å². The molecule has 1 aliphatic heterocycles. The molecule has 1 aromatic carbocycles. The zero-order chi connectivity index (χ0) is 15.1. The van der Waals surface area contributed by atoms with E-state index in [4.69, 9.17) is 15.2 Å². The Kier molecular flexibility index (Phi) is 3.62. The largest absolute Gasteiger partial charge is 0.454 e. The molecule has 3 rings (SSSR count). The molecular weight excluding hydrogens is 266 g/mol. The van der Waals surface area contributed by atoms with Crippen LogP contribution in [-0.2, 0) is 0 Å². The van der Waals surface area contributed by atoms with Crippen LogP contribution < -0.4 is 15.2 Å². The van der Waals surface area contributed by atoms with Crippen LogP contribution in [0.3, 0.4) is 0 Å². The van der Waals surface area contributed by atoms with Gasteiger partial charge in [0.15, 0.2) is 11.5 Å². The van der Waals surface area contributed by atoms with Crippen molar-refractivity contribution in [1.82, 2.24) is 0 Å². The van der Waals surface area contributed by atoms with E-state index < -0.39 is 6.10 Å². The van der Waals surface area contributed by atoms with E-state index >= 15 is 0 Å². The first-order chi connectivity index (χ1) is 9.96. The van der Waals surface area contributed by atoms with Crippen LogP contribution in [0.5, 0.6) is 11.5 Å². The Morgan fingerprint density at radius 1 is 1.14 bits per heavy atom. The van der Waals surface area contributed by atoms with Crippen molar-refractivity contribution in [2.75, 3.05) is 13.3 Å². The molecule has 21 heavy (non-hydrogen) atoms. The maximum absolute atomic E-state index is 10.9. The Labute approximate surface area is 126 Å². The second-order valence-electron chi connectivity index (χ2n) is 7.25. The minimum absolute atomic E-state index is 0.219. The number of nitrogens with two attached hydrogens (primary N) is 1. The first kappa shape index (κ1) is 14.7. The summed E-state index contributed by atoms with van der Waals surface area (Å²) in [6, 6.07) is 5.69. The number of rotatable bonds is 3. The highest BCUT2D eigenvalue weighted by atomic mass is 16.7. The fourth-order valence-electron chi connectivity index (χ4n) is 3.45. The number of benzene rings is 1. The molecule has 1 atom stereocenters. The Morgan fingerprint density at radius 3 is 2.48 bits per heavy atom. The molecule has 1 unspecified atom stereocenters. The molecule has 0 radical (unpaired) electrons. The summed E-state index contributed by atoms with van der Waals surface area (Å²) in [5, 5.41) is 10.9. The van der Waals surface area contributed by atoms with Crippen LogP contribution in [-0.4, -0.2) is 18.4 Å². The zero-order valence-corrected chi connectivity index (χ0v) is 12.9. The first-order valence-corrected chi connectivity index (χ1v) is 7.74. The van der Waals surface area contributed by atoms with E-state index in [1.807, 2.05) is 18.2 Å². The van der Waals surface area contributed by atoms with Gasteiger partial charge in [0, 0.05) is 12.0 Å². The molecular formula is C17H25NO3. The number of fused-ring (bicyclic) bond motifs is 1. The topological polar surface area (TPSA) is 64.7 Å². The number of aliphatic hydroxyl groups excluding tert-OH is 1. The van der Waals surface area contributed by atoms with Gasteiger partial charge in [-0.05, 0) is 48.8 Å². The van der Waals surface area contributed by atoms with Crippen LogP contribution in [0.2, 0.25) is 0 Å². The van der Waals surface area contributed by atoms with Crippen molar-refractivity contribution >= 4 is 0 Å². The summed E-state index contributed by atoms with van der Waals surface area (Å²) in [5.74, 6) is 1.47. The molecule has 1 fully saturated rings. The number of aliphatic hydroxyl groups is 1. The minimum atomic E-state index is -0.548. The predicted molar refractivity (Wildman–Crippen MR) is 81.3 cm³/mol. The summed E-state index contributed by atoms with van der Waals surface area (Å²) in [6.45, 7) is 5.35. The molecule has 0 amide bonds. The average molecular weight is 291 g/mol. The molecule has 3 N–H and O–H groups in total. The molecule has 1 aromatic rings. The fourth-order valence-corrected chi connectivity index (χ4v) is 3.45. The third-order valence-electron chi connectivity index (χ3n) is 5.30. The summed E-state index contributed by atoms with van der Waals surface area (Å²) < 4.78 is 10.7. The van der Waals surface area contributed by atoms with E-state index in [0.29, 0.717) is 12.0 Å². The molecule has 0 spiro atoms. The van der Waals surface area contributed by atoms with Crippen molar-refractivity contribution in [3.8, 4) is 11.5 Å². The molecule has 1 saturated carbocycles. The summed E-state index contributed by atoms with van der Waals surface area (Å²) in [7, 11) is 0. The standard InChI is InChI=1S/C17H25NO3/c1-16(2)5-7-17(10-18,8-6-16)15(19)12-3-4-13-14(9-12)21-11-20-13/h3-4,9,15,19H,5-8,10-11,18H2,1-2H3. The van der Waals surface area contributed by atoms with Gasteiger partial charge in [-0.3, -0.25) is 0 Å². The highest BCUT2D eigenvalue weighted by Gasteiger charge is 2.43. The van der Waals surface area contributed by atoms with Crippen LogP contribution >= 0.6 is 0 Å². The number of ether oxygens (including phenoxy) is 2. The van der Waals surface area contributed by atoms with Gasteiger partial charge in [-0.2, -0.15) is 0 Å². The SMILES string of the molecule is CC1(C)CCC(CN)(C(O)c2ccc3c(c2)OCO3)CC1. The first-order valence-electron chi connectivity index (χ1n) is 7.74. The van der Waals surface area contributed by atoms with Gasteiger partial charge in [0.1, 0.15) is 0 Å². The monoisotopic (exact) mass is 291 g/mol. The Hall–Kier alpha value is -1.26. The van der Waals surface area contributed by atoms with Crippen molar-refractivity contribution in [1.29, 1.82) is 0 Å². The number of hydrogen-bond donors (Lipinski definition) is 2. The summed E-state index contributed by atoms with van der Waals surface area (Å²) in [4.78, 5) is 0. The van der Waals surface area contributed by atoms with Crippen molar-refractivity contribution in [3.63, 3.8) is 0 Å². The lowest BCUT2D eigenvalue weighted by molar-refractivity contribution is -0.0236. The highest BCUT2D eigenvalue weighted by Crippen LogP contribution is 2.51. The molecule has 116 valence electrons. The van der Waals surface area contributed by atoms with E-state index in [2.05, 4.69) is 13.8 Å². The van der Waals surface area contributed by atoms with E-state index in [9.17, 15) is 5.11 Å². The van der Waals surface area contributed by atoms with E-state index in [0.717, 1.165) is 42.7 Å². The maximum Gasteiger partial charge on any atom is 0.231 e. The molecule has 4 heteroatoms. The molecule has 2 aliphatic rings. The summed E-state index contributed by atoms with van der Waals surface area (Å²) in [5.41, 5.74) is 7.08. The van der Waals surface area contributed by atoms with Crippen LogP contribution in [0.4, 0.5) is 0 Å². The van der Waals surface area contributed by atoms with Gasteiger partial charge >= 0.3 is 0 Å². The van der Waals surface area contributed by atoms with Crippen LogP contribution in [0.1, 0.15) is 51.2 Å². The lowest BCUT2D eigenvalue weighted by Crippen LogP contribution is -2.41. The molecule has 1 heterocycles.